The Bertz CT molecular complexity index is 519. The summed E-state index contributed by atoms with van der Waals surface area (Å²) in [5, 5.41) is 16.5. The van der Waals surface area contributed by atoms with E-state index < -0.39 is 0 Å². The molecule has 6 nitrogen and oxygen atoms in total. The van der Waals surface area contributed by atoms with Crippen molar-refractivity contribution in [3.63, 3.8) is 0 Å². The minimum atomic E-state index is -0.140. The van der Waals surface area contributed by atoms with Crippen molar-refractivity contribution in [2.75, 3.05) is 23.7 Å². The van der Waals surface area contributed by atoms with E-state index in [4.69, 9.17) is 0 Å². The van der Waals surface area contributed by atoms with Gasteiger partial charge in [-0.1, -0.05) is 0 Å². The summed E-state index contributed by atoms with van der Waals surface area (Å²) in [4.78, 5) is 11.5. The van der Waals surface area contributed by atoms with Gasteiger partial charge in [0, 0.05) is 43.0 Å². The van der Waals surface area contributed by atoms with Gasteiger partial charge in [0.1, 0.15) is 5.82 Å². The lowest BCUT2D eigenvalue weighted by atomic mass is 9.93. The highest BCUT2D eigenvalue weighted by atomic mass is 16.3. The second-order valence-electron chi connectivity index (χ2n) is 7.73. The molecule has 1 fully saturated rings. The number of aliphatic hydroxyl groups is 1. The molecular formula is C19H35N5O. The van der Waals surface area contributed by atoms with Gasteiger partial charge in [-0.2, -0.15) is 4.98 Å². The molecule has 1 aromatic heterocycles. The van der Waals surface area contributed by atoms with E-state index in [9.17, 15) is 5.11 Å². The monoisotopic (exact) mass is 349 g/mol. The van der Waals surface area contributed by atoms with Crippen molar-refractivity contribution in [2.24, 2.45) is 0 Å². The summed E-state index contributed by atoms with van der Waals surface area (Å²) in [5.41, 5.74) is 1.06. The lowest BCUT2D eigenvalue weighted by Gasteiger charge is -2.30. The zero-order valence-electron chi connectivity index (χ0n) is 16.4. The lowest BCUT2D eigenvalue weighted by Crippen LogP contribution is -2.40. The maximum atomic E-state index is 9.62. The van der Waals surface area contributed by atoms with Crippen LogP contribution in [-0.4, -0.2) is 57.3 Å². The van der Waals surface area contributed by atoms with Gasteiger partial charge in [0.25, 0.3) is 0 Å². The zero-order chi connectivity index (χ0) is 18.4. The zero-order valence-corrected chi connectivity index (χ0v) is 16.4. The normalized spacial score (nSPS) is 21.2. The summed E-state index contributed by atoms with van der Waals surface area (Å²) in [7, 11) is 0. The predicted octanol–water partition coefficient (Wildman–Crippen LogP) is 3.03. The van der Waals surface area contributed by atoms with Gasteiger partial charge in [0.05, 0.1) is 6.10 Å². The predicted molar refractivity (Wildman–Crippen MR) is 104 cm³/mol. The Morgan fingerprint density at radius 3 is 2.40 bits per heavy atom. The third-order valence-corrected chi connectivity index (χ3v) is 4.99. The molecule has 1 saturated carbocycles. The lowest BCUT2D eigenvalue weighted by molar-refractivity contribution is 0.126. The summed E-state index contributed by atoms with van der Waals surface area (Å²) in [6, 6.07) is 1.43. The van der Waals surface area contributed by atoms with Crippen LogP contribution in [0.15, 0.2) is 6.20 Å². The van der Waals surface area contributed by atoms with Crippen LogP contribution in [0, 0.1) is 6.92 Å². The number of hydrogen-bond donors (Lipinski definition) is 3. The third kappa shape index (κ3) is 6.12. The first-order chi connectivity index (χ1) is 11.9. The molecular weight excluding hydrogens is 314 g/mol. The molecule has 1 aromatic rings. The minimum Gasteiger partial charge on any atom is -0.393 e. The molecule has 0 radical (unpaired) electrons. The summed E-state index contributed by atoms with van der Waals surface area (Å²) in [6.07, 6.45) is 5.39. The number of anilines is 2. The van der Waals surface area contributed by atoms with E-state index in [1.54, 1.807) is 0 Å². The molecule has 0 atom stereocenters. The van der Waals surface area contributed by atoms with Gasteiger partial charge in [-0.25, -0.2) is 4.98 Å². The highest BCUT2D eigenvalue weighted by Crippen LogP contribution is 2.21. The van der Waals surface area contributed by atoms with E-state index >= 15 is 0 Å². The van der Waals surface area contributed by atoms with Crippen LogP contribution in [0.25, 0.3) is 0 Å². The fourth-order valence-electron chi connectivity index (χ4n) is 3.51. The molecule has 25 heavy (non-hydrogen) atoms. The molecule has 0 saturated heterocycles. The highest BCUT2D eigenvalue weighted by Gasteiger charge is 2.20. The number of rotatable bonds is 8. The van der Waals surface area contributed by atoms with Crippen LogP contribution >= 0.6 is 0 Å². The number of hydrogen-bond acceptors (Lipinski definition) is 6. The minimum absolute atomic E-state index is 0.140. The van der Waals surface area contributed by atoms with Gasteiger partial charge < -0.3 is 15.7 Å². The van der Waals surface area contributed by atoms with Crippen LogP contribution in [-0.2, 0) is 0 Å². The molecule has 142 valence electrons. The first-order valence-electron chi connectivity index (χ1n) is 9.64. The van der Waals surface area contributed by atoms with Gasteiger partial charge in [-0.05, 0) is 60.3 Å². The number of aliphatic hydroxyl groups excluding tert-OH is 1. The Kier molecular flexibility index (Phi) is 7.44. The topological polar surface area (TPSA) is 73.3 Å². The SMILES string of the molecule is Cc1cnc(NC2CCC(O)CC2)nc1NCCN(C(C)C)C(C)C. The standard InChI is InChI=1S/C19H35N5O/c1-13(2)24(14(3)4)11-10-20-18-15(5)12-21-19(23-18)22-16-6-8-17(25)9-7-16/h12-14,16-17,25H,6-11H2,1-5H3,(H2,20,21,22,23). The molecule has 1 aliphatic carbocycles. The van der Waals surface area contributed by atoms with Crippen molar-refractivity contribution in [1.82, 2.24) is 14.9 Å². The largest absolute Gasteiger partial charge is 0.393 e. The van der Waals surface area contributed by atoms with Gasteiger partial charge >= 0.3 is 0 Å². The summed E-state index contributed by atoms with van der Waals surface area (Å²) in [6.45, 7) is 12.8. The van der Waals surface area contributed by atoms with E-state index in [1.807, 2.05) is 13.1 Å². The Labute approximate surface area is 152 Å². The van der Waals surface area contributed by atoms with Crippen molar-refractivity contribution < 1.29 is 5.11 Å². The molecule has 0 aliphatic heterocycles. The summed E-state index contributed by atoms with van der Waals surface area (Å²) >= 11 is 0. The highest BCUT2D eigenvalue weighted by molar-refractivity contribution is 5.46. The first kappa shape index (κ1) is 19.9. The van der Waals surface area contributed by atoms with Crippen LogP contribution in [0.2, 0.25) is 0 Å². The molecule has 0 unspecified atom stereocenters. The van der Waals surface area contributed by atoms with Crippen molar-refractivity contribution in [2.45, 2.75) is 84.5 Å². The number of aromatic nitrogens is 2. The van der Waals surface area contributed by atoms with Crippen LogP contribution in [0.4, 0.5) is 11.8 Å². The Morgan fingerprint density at radius 1 is 1.16 bits per heavy atom. The molecule has 0 spiro atoms. The number of nitrogens with one attached hydrogen (secondary N) is 2. The Morgan fingerprint density at radius 2 is 1.80 bits per heavy atom. The fraction of sp³-hybridized carbons (Fsp3) is 0.789. The molecule has 2 rings (SSSR count). The molecule has 0 amide bonds. The Hall–Kier alpha value is -1.40. The average Bonchev–Trinajstić information content (AvgIpc) is 2.55. The first-order valence-corrected chi connectivity index (χ1v) is 9.64. The smallest absolute Gasteiger partial charge is 0.224 e. The van der Waals surface area contributed by atoms with Crippen LogP contribution in [0.3, 0.4) is 0 Å². The van der Waals surface area contributed by atoms with E-state index in [1.165, 1.54) is 0 Å². The van der Waals surface area contributed by atoms with Crippen LogP contribution in [0.1, 0.15) is 58.9 Å². The summed E-state index contributed by atoms with van der Waals surface area (Å²) < 4.78 is 0. The van der Waals surface area contributed by atoms with E-state index in [0.717, 1.165) is 50.2 Å². The van der Waals surface area contributed by atoms with E-state index in [-0.39, 0.29) is 6.10 Å². The van der Waals surface area contributed by atoms with Gasteiger partial charge in [0.15, 0.2) is 0 Å². The van der Waals surface area contributed by atoms with Crippen molar-refractivity contribution in [3.05, 3.63) is 11.8 Å². The molecule has 1 heterocycles. The molecule has 6 heteroatoms. The Balaban J connectivity index is 1.90. The van der Waals surface area contributed by atoms with Gasteiger partial charge in [-0.15, -0.1) is 0 Å². The van der Waals surface area contributed by atoms with Gasteiger partial charge in [-0.3, -0.25) is 4.90 Å². The van der Waals surface area contributed by atoms with E-state index in [0.29, 0.717) is 24.1 Å². The fourth-order valence-corrected chi connectivity index (χ4v) is 3.51. The molecule has 1 aliphatic rings. The molecule has 0 aromatic carbocycles. The van der Waals surface area contributed by atoms with Gasteiger partial charge in [0.2, 0.25) is 5.95 Å². The maximum Gasteiger partial charge on any atom is 0.224 e. The second-order valence-corrected chi connectivity index (χ2v) is 7.73. The molecule has 0 bridgehead atoms. The van der Waals surface area contributed by atoms with Crippen molar-refractivity contribution >= 4 is 11.8 Å². The second kappa shape index (κ2) is 9.34. The van der Waals surface area contributed by atoms with Crippen molar-refractivity contribution in [3.8, 4) is 0 Å². The quantitative estimate of drug-likeness (QED) is 0.670. The molecule has 3 N–H and O–H groups in total. The number of aryl methyl sites for hydroxylation is 1. The van der Waals surface area contributed by atoms with E-state index in [2.05, 4.69) is 53.2 Å². The van der Waals surface area contributed by atoms with Crippen LogP contribution in [0.5, 0.6) is 0 Å². The summed E-state index contributed by atoms with van der Waals surface area (Å²) in [5.74, 6) is 1.58. The third-order valence-electron chi connectivity index (χ3n) is 4.99. The van der Waals surface area contributed by atoms with Crippen molar-refractivity contribution in [1.29, 1.82) is 0 Å². The van der Waals surface area contributed by atoms with Crippen LogP contribution < -0.4 is 10.6 Å². The maximum absolute atomic E-state index is 9.62. The average molecular weight is 350 g/mol. The number of nitrogens with zero attached hydrogens (tertiary/aromatic N) is 3.